The summed E-state index contributed by atoms with van der Waals surface area (Å²) in [6.45, 7) is 6.14. The number of carbonyl (C=O) groups excluding carboxylic acids is 1. The van der Waals surface area contributed by atoms with Crippen LogP contribution in [0.15, 0.2) is 79.0 Å². The van der Waals surface area contributed by atoms with Gasteiger partial charge < -0.3 is 14.2 Å². The molecule has 0 saturated heterocycles. The minimum absolute atomic E-state index is 0.0303. The number of carbonyl (C=O) groups is 1. The van der Waals surface area contributed by atoms with Gasteiger partial charge in [0.25, 0.3) is 0 Å². The molecule has 0 fully saturated rings. The minimum atomic E-state index is 0.0303. The van der Waals surface area contributed by atoms with Crippen LogP contribution in [-0.2, 0) is 29.2 Å². The number of aromatic nitrogens is 1. The van der Waals surface area contributed by atoms with E-state index in [1.807, 2.05) is 47.4 Å². The van der Waals surface area contributed by atoms with E-state index in [2.05, 4.69) is 54.9 Å². The molecule has 4 heteroatoms. The van der Waals surface area contributed by atoms with Crippen molar-refractivity contribution in [3.63, 3.8) is 0 Å². The molecule has 0 aliphatic carbocycles. The van der Waals surface area contributed by atoms with Crippen LogP contribution in [-0.4, -0.2) is 28.0 Å². The summed E-state index contributed by atoms with van der Waals surface area (Å²) in [5.41, 5.74) is 3.45. The van der Waals surface area contributed by atoms with E-state index in [1.54, 1.807) is 0 Å². The van der Waals surface area contributed by atoms with Crippen LogP contribution in [0.5, 0.6) is 0 Å². The van der Waals surface area contributed by atoms with Crippen LogP contribution in [0.4, 0.5) is 0 Å². The van der Waals surface area contributed by atoms with Crippen LogP contribution in [0.3, 0.4) is 0 Å². The van der Waals surface area contributed by atoms with Gasteiger partial charge in [0, 0.05) is 24.5 Å². The van der Waals surface area contributed by atoms with Gasteiger partial charge in [0.15, 0.2) is 0 Å². The van der Waals surface area contributed by atoms with E-state index in [9.17, 15) is 4.79 Å². The third kappa shape index (κ3) is 6.06. The van der Waals surface area contributed by atoms with Crippen LogP contribution in [0, 0.1) is 0 Å². The maximum Gasteiger partial charge on any atom is 0.249 e. The van der Waals surface area contributed by atoms with E-state index in [0.717, 1.165) is 24.2 Å². The molecule has 0 saturated carbocycles. The highest BCUT2D eigenvalue weighted by atomic mass is 16.5. The molecular formula is C25H30N2O2. The second kappa shape index (κ2) is 10.6. The SMILES string of the molecule is CCC(C)N(Cc1cccn1Cc1ccccc1)C(=O)COCc1ccccc1. The lowest BCUT2D eigenvalue weighted by Gasteiger charge is -2.29. The standard InChI is InChI=1S/C25H30N2O2/c1-3-21(2)27(25(28)20-29-19-23-13-8-5-9-14-23)18-24-15-10-16-26(24)17-22-11-6-4-7-12-22/h4-16,21H,3,17-20H2,1-2H3. The van der Waals surface area contributed by atoms with Gasteiger partial charge in [-0.1, -0.05) is 67.6 Å². The first-order chi connectivity index (χ1) is 14.2. The minimum Gasteiger partial charge on any atom is -0.367 e. The third-order valence-electron chi connectivity index (χ3n) is 5.23. The Morgan fingerprint density at radius 3 is 2.28 bits per heavy atom. The number of amides is 1. The zero-order chi connectivity index (χ0) is 20.5. The summed E-state index contributed by atoms with van der Waals surface area (Å²) in [4.78, 5) is 14.9. The molecule has 0 bridgehead atoms. The van der Waals surface area contributed by atoms with Crippen LogP contribution >= 0.6 is 0 Å². The maximum absolute atomic E-state index is 12.9. The maximum atomic E-state index is 12.9. The van der Waals surface area contributed by atoms with Crippen molar-refractivity contribution < 1.29 is 9.53 Å². The van der Waals surface area contributed by atoms with Gasteiger partial charge in [-0.3, -0.25) is 4.79 Å². The van der Waals surface area contributed by atoms with Crippen molar-refractivity contribution in [3.05, 3.63) is 95.8 Å². The summed E-state index contributed by atoms with van der Waals surface area (Å²) in [6.07, 6.45) is 2.98. The van der Waals surface area contributed by atoms with Gasteiger partial charge in [-0.05, 0) is 36.6 Å². The van der Waals surface area contributed by atoms with Crippen molar-refractivity contribution in [2.75, 3.05) is 6.61 Å². The summed E-state index contributed by atoms with van der Waals surface area (Å²) in [5, 5.41) is 0. The van der Waals surface area contributed by atoms with Crippen molar-refractivity contribution in [2.24, 2.45) is 0 Å². The van der Waals surface area contributed by atoms with E-state index in [1.165, 1.54) is 5.56 Å². The molecule has 0 N–H and O–H groups in total. The lowest BCUT2D eigenvalue weighted by Crippen LogP contribution is -2.40. The normalized spacial score (nSPS) is 11.9. The summed E-state index contributed by atoms with van der Waals surface area (Å²) in [5.74, 6) is 0.0303. The molecule has 3 aromatic rings. The van der Waals surface area contributed by atoms with Gasteiger partial charge in [0.2, 0.25) is 5.91 Å². The predicted molar refractivity (Wildman–Crippen MR) is 116 cm³/mol. The molecule has 29 heavy (non-hydrogen) atoms. The number of ether oxygens (including phenoxy) is 1. The fraction of sp³-hybridized carbons (Fsp3) is 0.320. The molecule has 1 aromatic heterocycles. The quantitative estimate of drug-likeness (QED) is 0.494. The molecule has 0 aliphatic rings. The van der Waals surface area contributed by atoms with Gasteiger partial charge in [0.05, 0.1) is 13.2 Å². The Hall–Kier alpha value is -2.85. The summed E-state index contributed by atoms with van der Waals surface area (Å²) in [6, 6.07) is 24.6. The zero-order valence-electron chi connectivity index (χ0n) is 17.3. The molecule has 152 valence electrons. The lowest BCUT2D eigenvalue weighted by molar-refractivity contribution is -0.139. The highest BCUT2D eigenvalue weighted by Crippen LogP contribution is 2.15. The second-order valence-electron chi connectivity index (χ2n) is 7.37. The first kappa shape index (κ1) is 20.9. The van der Waals surface area contributed by atoms with Crippen molar-refractivity contribution in [1.29, 1.82) is 0 Å². The Balaban J connectivity index is 1.63. The van der Waals surface area contributed by atoms with Gasteiger partial charge in [-0.25, -0.2) is 0 Å². The van der Waals surface area contributed by atoms with Crippen LogP contribution in [0.1, 0.15) is 37.1 Å². The van der Waals surface area contributed by atoms with Crippen molar-refractivity contribution in [2.45, 2.75) is 46.0 Å². The molecule has 4 nitrogen and oxygen atoms in total. The largest absolute Gasteiger partial charge is 0.367 e. The highest BCUT2D eigenvalue weighted by Gasteiger charge is 2.20. The Bertz CT molecular complexity index is 874. The molecule has 0 radical (unpaired) electrons. The second-order valence-corrected chi connectivity index (χ2v) is 7.37. The summed E-state index contributed by atoms with van der Waals surface area (Å²) < 4.78 is 7.92. The van der Waals surface area contributed by atoms with E-state index in [0.29, 0.717) is 13.2 Å². The highest BCUT2D eigenvalue weighted by molar-refractivity contribution is 5.77. The number of hydrogen-bond donors (Lipinski definition) is 0. The predicted octanol–water partition coefficient (Wildman–Crippen LogP) is 4.88. The average molecular weight is 391 g/mol. The van der Waals surface area contributed by atoms with Crippen LogP contribution < -0.4 is 0 Å². The fourth-order valence-electron chi connectivity index (χ4n) is 3.33. The Morgan fingerprint density at radius 1 is 0.966 bits per heavy atom. The molecule has 1 amide bonds. The number of rotatable bonds is 10. The van der Waals surface area contributed by atoms with Gasteiger partial charge in [-0.2, -0.15) is 0 Å². The van der Waals surface area contributed by atoms with Crippen LogP contribution in [0.2, 0.25) is 0 Å². The molecule has 1 heterocycles. The van der Waals surface area contributed by atoms with E-state index in [-0.39, 0.29) is 18.6 Å². The van der Waals surface area contributed by atoms with Crippen LogP contribution in [0.25, 0.3) is 0 Å². The van der Waals surface area contributed by atoms with Gasteiger partial charge >= 0.3 is 0 Å². The number of benzene rings is 2. The molecule has 1 atom stereocenters. The molecular weight excluding hydrogens is 360 g/mol. The number of hydrogen-bond acceptors (Lipinski definition) is 2. The average Bonchev–Trinajstić information content (AvgIpc) is 3.19. The Kier molecular flexibility index (Phi) is 7.65. The molecule has 0 spiro atoms. The van der Waals surface area contributed by atoms with Gasteiger partial charge in [0.1, 0.15) is 6.61 Å². The van der Waals surface area contributed by atoms with E-state index >= 15 is 0 Å². The lowest BCUT2D eigenvalue weighted by atomic mass is 10.2. The molecule has 2 aromatic carbocycles. The summed E-state index contributed by atoms with van der Waals surface area (Å²) in [7, 11) is 0. The Morgan fingerprint density at radius 2 is 1.62 bits per heavy atom. The number of nitrogens with zero attached hydrogens (tertiary/aromatic N) is 2. The molecule has 3 rings (SSSR count). The summed E-state index contributed by atoms with van der Waals surface area (Å²) >= 11 is 0. The Labute approximate surface area is 173 Å². The first-order valence-electron chi connectivity index (χ1n) is 10.3. The third-order valence-corrected chi connectivity index (χ3v) is 5.23. The zero-order valence-corrected chi connectivity index (χ0v) is 17.3. The van der Waals surface area contributed by atoms with E-state index in [4.69, 9.17) is 4.74 Å². The monoisotopic (exact) mass is 390 g/mol. The van der Waals surface area contributed by atoms with Crippen molar-refractivity contribution in [3.8, 4) is 0 Å². The van der Waals surface area contributed by atoms with E-state index < -0.39 is 0 Å². The molecule has 0 aliphatic heterocycles. The first-order valence-corrected chi connectivity index (χ1v) is 10.3. The smallest absolute Gasteiger partial charge is 0.249 e. The van der Waals surface area contributed by atoms with Crippen molar-refractivity contribution >= 4 is 5.91 Å². The molecule has 1 unspecified atom stereocenters. The fourth-order valence-corrected chi connectivity index (χ4v) is 3.33. The van der Waals surface area contributed by atoms with Gasteiger partial charge in [-0.15, -0.1) is 0 Å². The van der Waals surface area contributed by atoms with Crippen molar-refractivity contribution in [1.82, 2.24) is 9.47 Å². The topological polar surface area (TPSA) is 34.5 Å².